The fourth-order valence-corrected chi connectivity index (χ4v) is 1.88. The van der Waals surface area contributed by atoms with E-state index in [-0.39, 0.29) is 23.0 Å². The van der Waals surface area contributed by atoms with Crippen LogP contribution in [0.4, 0.5) is 5.69 Å². The third-order valence-corrected chi connectivity index (χ3v) is 3.13. The summed E-state index contributed by atoms with van der Waals surface area (Å²) in [6, 6.07) is 1.51. The fourth-order valence-electron chi connectivity index (χ4n) is 1.19. The Hall–Kier alpha value is -1.89. The van der Waals surface area contributed by atoms with E-state index in [0.717, 1.165) is 11.3 Å². The van der Waals surface area contributed by atoms with Crippen LogP contribution in [0.2, 0.25) is 0 Å². The molecule has 0 saturated heterocycles. The smallest absolute Gasteiger partial charge is 0.348 e. The van der Waals surface area contributed by atoms with Gasteiger partial charge in [0.1, 0.15) is 4.88 Å². The lowest BCUT2D eigenvalue weighted by molar-refractivity contribution is -0.130. The summed E-state index contributed by atoms with van der Waals surface area (Å²) in [6.45, 7) is 5.02. The maximum Gasteiger partial charge on any atom is 0.348 e. The highest BCUT2D eigenvalue weighted by atomic mass is 32.1. The predicted octanol–water partition coefficient (Wildman–Crippen LogP) is 1.55. The number of rotatable bonds is 4. The van der Waals surface area contributed by atoms with Gasteiger partial charge >= 0.3 is 5.97 Å². The van der Waals surface area contributed by atoms with Crippen LogP contribution in [0.3, 0.4) is 0 Å². The minimum absolute atomic E-state index is 0.0653. The van der Waals surface area contributed by atoms with Crippen LogP contribution in [-0.4, -0.2) is 29.4 Å². The normalized spacial score (nSPS) is 10.9. The van der Waals surface area contributed by atoms with Gasteiger partial charge in [-0.05, 0) is 11.4 Å². The number of carboxylic acids is 1. The number of anilines is 1. The molecule has 2 amide bonds. The second-order valence-electron chi connectivity index (χ2n) is 4.95. The van der Waals surface area contributed by atoms with Gasteiger partial charge in [0.05, 0.1) is 12.2 Å². The maximum atomic E-state index is 11.6. The van der Waals surface area contributed by atoms with Gasteiger partial charge in [0.2, 0.25) is 11.8 Å². The molecule has 1 aromatic heterocycles. The molecule has 104 valence electrons. The molecule has 0 aliphatic rings. The number of carbonyl (C=O) groups is 3. The monoisotopic (exact) mass is 284 g/mol. The van der Waals surface area contributed by atoms with Crippen LogP contribution in [0, 0.1) is 5.41 Å². The lowest BCUT2D eigenvalue weighted by atomic mass is 9.96. The van der Waals surface area contributed by atoms with Crippen molar-refractivity contribution in [3.8, 4) is 0 Å². The maximum absolute atomic E-state index is 11.6. The van der Waals surface area contributed by atoms with Crippen molar-refractivity contribution in [3.63, 3.8) is 0 Å². The third kappa shape index (κ3) is 4.36. The van der Waals surface area contributed by atoms with Gasteiger partial charge in [-0.3, -0.25) is 9.59 Å². The number of aromatic carboxylic acids is 1. The zero-order chi connectivity index (χ0) is 14.6. The number of hydrogen-bond acceptors (Lipinski definition) is 4. The largest absolute Gasteiger partial charge is 0.477 e. The number of hydrogen-bond donors (Lipinski definition) is 3. The Kier molecular flexibility index (Phi) is 4.66. The van der Waals surface area contributed by atoms with Crippen LogP contribution in [0.15, 0.2) is 11.4 Å². The molecule has 1 rings (SSSR count). The lowest BCUT2D eigenvalue weighted by Gasteiger charge is -2.17. The quantitative estimate of drug-likeness (QED) is 0.781. The molecule has 1 aromatic rings. The first-order valence-electron chi connectivity index (χ1n) is 5.60. The van der Waals surface area contributed by atoms with E-state index >= 15 is 0 Å². The molecule has 0 bridgehead atoms. The lowest BCUT2D eigenvalue weighted by Crippen LogP contribution is -2.39. The molecule has 19 heavy (non-hydrogen) atoms. The van der Waals surface area contributed by atoms with Crippen molar-refractivity contribution < 1.29 is 19.5 Å². The van der Waals surface area contributed by atoms with E-state index in [4.69, 9.17) is 5.11 Å². The molecule has 7 heteroatoms. The van der Waals surface area contributed by atoms with Crippen LogP contribution >= 0.6 is 11.3 Å². The molecule has 0 saturated carbocycles. The Bertz CT molecular complexity index is 502. The summed E-state index contributed by atoms with van der Waals surface area (Å²) in [5, 5.41) is 15.4. The summed E-state index contributed by atoms with van der Waals surface area (Å²) < 4.78 is 0. The average molecular weight is 284 g/mol. The summed E-state index contributed by atoms with van der Waals surface area (Å²) in [5.74, 6) is -1.80. The Morgan fingerprint density at radius 1 is 1.32 bits per heavy atom. The fraction of sp³-hybridized carbons (Fsp3) is 0.417. The van der Waals surface area contributed by atoms with Crippen LogP contribution < -0.4 is 10.6 Å². The van der Waals surface area contributed by atoms with E-state index in [1.54, 1.807) is 26.2 Å². The molecule has 1 heterocycles. The highest BCUT2D eigenvalue weighted by molar-refractivity contribution is 7.12. The van der Waals surface area contributed by atoms with Crippen molar-refractivity contribution >= 4 is 34.8 Å². The van der Waals surface area contributed by atoms with Crippen molar-refractivity contribution in [2.75, 3.05) is 11.9 Å². The Morgan fingerprint density at radius 2 is 1.95 bits per heavy atom. The van der Waals surface area contributed by atoms with E-state index in [0.29, 0.717) is 0 Å². The molecule has 0 fully saturated rings. The summed E-state index contributed by atoms with van der Waals surface area (Å²) in [6.07, 6.45) is 0. The predicted molar refractivity (Wildman–Crippen MR) is 72.4 cm³/mol. The number of carbonyl (C=O) groups excluding carboxylic acids is 2. The van der Waals surface area contributed by atoms with E-state index in [2.05, 4.69) is 10.6 Å². The van der Waals surface area contributed by atoms with Gasteiger partial charge in [0.15, 0.2) is 0 Å². The average Bonchev–Trinajstić information content (AvgIpc) is 2.72. The first-order chi connectivity index (χ1) is 8.71. The number of amides is 2. The van der Waals surface area contributed by atoms with Gasteiger partial charge in [0.25, 0.3) is 0 Å². The van der Waals surface area contributed by atoms with Crippen LogP contribution in [-0.2, 0) is 9.59 Å². The van der Waals surface area contributed by atoms with Gasteiger partial charge in [-0.1, -0.05) is 20.8 Å². The number of nitrogens with one attached hydrogen (secondary N) is 2. The highest BCUT2D eigenvalue weighted by Crippen LogP contribution is 2.21. The SMILES string of the molecule is CC(C)(C)C(=O)NCC(=O)Nc1ccsc1C(=O)O. The van der Waals surface area contributed by atoms with Gasteiger partial charge < -0.3 is 15.7 Å². The summed E-state index contributed by atoms with van der Waals surface area (Å²) in [5.41, 5.74) is -0.331. The Balaban J connectivity index is 2.55. The van der Waals surface area contributed by atoms with Crippen molar-refractivity contribution in [1.82, 2.24) is 5.32 Å². The number of thiophene rings is 1. The Labute approximate surface area is 114 Å². The molecule has 0 atom stereocenters. The minimum Gasteiger partial charge on any atom is -0.477 e. The molecular formula is C12H16N2O4S. The first kappa shape index (κ1) is 15.2. The molecule has 0 aliphatic heterocycles. The standard InChI is InChI=1S/C12H16N2O4S/c1-12(2,3)11(18)13-6-8(15)14-7-4-5-19-9(7)10(16)17/h4-5H,6H2,1-3H3,(H,13,18)(H,14,15)(H,16,17). The molecule has 0 aliphatic carbocycles. The van der Waals surface area contributed by atoms with Crippen LogP contribution in [0.25, 0.3) is 0 Å². The molecule has 0 aromatic carbocycles. The molecule has 0 radical (unpaired) electrons. The van der Waals surface area contributed by atoms with Crippen molar-refractivity contribution in [3.05, 3.63) is 16.3 Å². The van der Waals surface area contributed by atoms with Crippen LogP contribution in [0.5, 0.6) is 0 Å². The first-order valence-corrected chi connectivity index (χ1v) is 6.48. The zero-order valence-corrected chi connectivity index (χ0v) is 11.8. The molecule has 0 unspecified atom stereocenters. The Morgan fingerprint density at radius 3 is 2.47 bits per heavy atom. The molecule has 6 nitrogen and oxygen atoms in total. The van der Waals surface area contributed by atoms with Crippen molar-refractivity contribution in [1.29, 1.82) is 0 Å². The third-order valence-electron chi connectivity index (χ3n) is 2.22. The van der Waals surface area contributed by atoms with Crippen LogP contribution in [0.1, 0.15) is 30.4 Å². The summed E-state index contributed by atoms with van der Waals surface area (Å²) >= 11 is 1.03. The molecular weight excluding hydrogens is 268 g/mol. The highest BCUT2D eigenvalue weighted by Gasteiger charge is 2.21. The summed E-state index contributed by atoms with van der Waals surface area (Å²) in [4.78, 5) is 34.1. The van der Waals surface area contributed by atoms with E-state index < -0.39 is 17.3 Å². The van der Waals surface area contributed by atoms with Gasteiger partial charge in [-0.2, -0.15) is 0 Å². The number of carboxylic acid groups (broad SMARTS) is 1. The van der Waals surface area contributed by atoms with E-state index in [1.807, 2.05) is 0 Å². The van der Waals surface area contributed by atoms with Gasteiger partial charge in [-0.25, -0.2) is 4.79 Å². The summed E-state index contributed by atoms with van der Waals surface area (Å²) in [7, 11) is 0. The molecule has 3 N–H and O–H groups in total. The molecule has 0 spiro atoms. The second kappa shape index (κ2) is 5.83. The van der Waals surface area contributed by atoms with Crippen molar-refractivity contribution in [2.45, 2.75) is 20.8 Å². The minimum atomic E-state index is -1.09. The van der Waals surface area contributed by atoms with E-state index in [9.17, 15) is 14.4 Å². The van der Waals surface area contributed by atoms with Crippen molar-refractivity contribution in [2.24, 2.45) is 5.41 Å². The zero-order valence-electron chi connectivity index (χ0n) is 10.9. The van der Waals surface area contributed by atoms with E-state index in [1.165, 1.54) is 6.07 Å². The topological polar surface area (TPSA) is 95.5 Å². The second-order valence-corrected chi connectivity index (χ2v) is 5.87. The van der Waals surface area contributed by atoms with Gasteiger partial charge in [-0.15, -0.1) is 11.3 Å². The van der Waals surface area contributed by atoms with Gasteiger partial charge in [0, 0.05) is 5.41 Å².